The molecule has 7 nitrogen and oxygen atoms in total. The first-order valence-corrected chi connectivity index (χ1v) is 12.1. The van der Waals surface area contributed by atoms with E-state index in [9.17, 15) is 14.7 Å². The molecule has 1 atom stereocenters. The third kappa shape index (κ3) is 16.7. The number of aliphatic imine (C=N–C) groups is 1. The SMILES string of the molecule is CCCCCCCCCCC1=NCCN1C(CCC)CC(=O)O.C[N+](C)(C)CC(=O)[O-]. The summed E-state index contributed by atoms with van der Waals surface area (Å²) in [6.07, 6.45) is 13.8. The number of unbranched alkanes of at least 4 members (excludes halogenated alkanes) is 7. The van der Waals surface area contributed by atoms with E-state index in [1.165, 1.54) is 51.4 Å². The summed E-state index contributed by atoms with van der Waals surface area (Å²) >= 11 is 0. The molecule has 1 aliphatic rings. The fourth-order valence-electron chi connectivity index (χ4n) is 3.83. The zero-order valence-corrected chi connectivity index (χ0v) is 20.7. The van der Waals surface area contributed by atoms with Gasteiger partial charge in [-0.05, 0) is 12.8 Å². The summed E-state index contributed by atoms with van der Waals surface area (Å²) in [4.78, 5) is 27.9. The van der Waals surface area contributed by atoms with Gasteiger partial charge in [-0.3, -0.25) is 9.79 Å². The number of hydrogen-bond acceptors (Lipinski definition) is 5. The molecule has 31 heavy (non-hydrogen) atoms. The van der Waals surface area contributed by atoms with Crippen molar-refractivity contribution in [3.63, 3.8) is 0 Å². The maximum absolute atomic E-state index is 11.1. The average Bonchev–Trinajstić information content (AvgIpc) is 3.10. The first-order valence-electron chi connectivity index (χ1n) is 12.1. The number of amidine groups is 1. The normalized spacial score (nSPS) is 14.6. The van der Waals surface area contributed by atoms with E-state index in [0.29, 0.717) is 4.48 Å². The predicted octanol–water partition coefficient (Wildman–Crippen LogP) is 3.32. The van der Waals surface area contributed by atoms with Crippen LogP contribution in [0.1, 0.15) is 90.9 Å². The Balaban J connectivity index is 0.000000954. The number of carbonyl (C=O) groups excluding carboxylic acids is 1. The zero-order valence-electron chi connectivity index (χ0n) is 20.7. The number of nitrogens with zero attached hydrogens (tertiary/aromatic N) is 3. The summed E-state index contributed by atoms with van der Waals surface area (Å²) in [6, 6.07) is 0.132. The van der Waals surface area contributed by atoms with Crippen molar-refractivity contribution in [3.05, 3.63) is 0 Å². The van der Waals surface area contributed by atoms with Gasteiger partial charge in [0.25, 0.3) is 0 Å². The van der Waals surface area contributed by atoms with Gasteiger partial charge < -0.3 is 24.4 Å². The van der Waals surface area contributed by atoms with Crippen molar-refractivity contribution in [2.75, 3.05) is 40.8 Å². The monoisotopic (exact) mass is 441 g/mol. The molecular formula is C24H47N3O4. The van der Waals surface area contributed by atoms with E-state index < -0.39 is 11.9 Å². The molecule has 0 saturated heterocycles. The smallest absolute Gasteiger partial charge is 0.305 e. The molecule has 0 aromatic carbocycles. The molecule has 0 bridgehead atoms. The van der Waals surface area contributed by atoms with Crippen molar-refractivity contribution in [2.45, 2.75) is 96.9 Å². The second-order valence-electron chi connectivity index (χ2n) is 9.58. The second kappa shape index (κ2) is 17.0. The maximum Gasteiger partial charge on any atom is 0.305 e. The quantitative estimate of drug-likeness (QED) is 0.293. The van der Waals surface area contributed by atoms with Crippen LogP contribution in [0.2, 0.25) is 0 Å². The lowest BCUT2D eigenvalue weighted by atomic mass is 10.0. The average molecular weight is 442 g/mol. The van der Waals surface area contributed by atoms with Gasteiger partial charge in [0.15, 0.2) is 0 Å². The number of rotatable bonds is 16. The molecule has 0 spiro atoms. The van der Waals surface area contributed by atoms with Crippen molar-refractivity contribution in [1.82, 2.24) is 4.90 Å². The largest absolute Gasteiger partial charge is 0.544 e. The Morgan fingerprint density at radius 3 is 2.06 bits per heavy atom. The van der Waals surface area contributed by atoms with E-state index in [4.69, 9.17) is 5.11 Å². The second-order valence-corrected chi connectivity index (χ2v) is 9.58. The number of hydrogen-bond donors (Lipinski definition) is 1. The van der Waals surface area contributed by atoms with E-state index in [0.717, 1.165) is 38.2 Å². The van der Waals surface area contributed by atoms with Crippen molar-refractivity contribution < 1.29 is 24.3 Å². The minimum Gasteiger partial charge on any atom is -0.544 e. The van der Waals surface area contributed by atoms with Gasteiger partial charge in [0.1, 0.15) is 6.54 Å². The van der Waals surface area contributed by atoms with Crippen molar-refractivity contribution in [2.24, 2.45) is 4.99 Å². The molecule has 0 fully saturated rings. The van der Waals surface area contributed by atoms with Gasteiger partial charge >= 0.3 is 5.97 Å². The van der Waals surface area contributed by atoms with Crippen LogP contribution < -0.4 is 5.11 Å². The number of carbonyl (C=O) groups is 2. The fraction of sp³-hybridized carbons (Fsp3) is 0.875. The summed E-state index contributed by atoms with van der Waals surface area (Å²) in [5, 5.41) is 19.0. The molecule has 1 rings (SSSR count). The molecule has 1 N–H and O–H groups in total. The predicted molar refractivity (Wildman–Crippen MR) is 125 cm³/mol. The lowest BCUT2D eigenvalue weighted by molar-refractivity contribution is -0.864. The third-order valence-corrected chi connectivity index (χ3v) is 5.30. The Bertz CT molecular complexity index is 529. The number of carboxylic acid groups (broad SMARTS) is 2. The summed E-state index contributed by atoms with van der Waals surface area (Å²) in [7, 11) is 5.40. The summed E-state index contributed by atoms with van der Waals surface area (Å²) in [5.74, 6) is -0.532. The molecule has 1 unspecified atom stereocenters. The van der Waals surface area contributed by atoms with Crippen molar-refractivity contribution in [1.29, 1.82) is 0 Å². The van der Waals surface area contributed by atoms with Gasteiger partial charge in [0.05, 0.1) is 45.9 Å². The highest BCUT2D eigenvalue weighted by Crippen LogP contribution is 2.19. The molecule has 0 saturated carbocycles. The maximum atomic E-state index is 11.1. The Morgan fingerprint density at radius 1 is 1.03 bits per heavy atom. The molecule has 7 heteroatoms. The van der Waals surface area contributed by atoms with Crippen LogP contribution in [0.3, 0.4) is 0 Å². The van der Waals surface area contributed by atoms with Crippen LogP contribution in [0.15, 0.2) is 4.99 Å². The minimum absolute atomic E-state index is 0.0694. The van der Waals surface area contributed by atoms with Crippen LogP contribution in [0.4, 0.5) is 0 Å². The van der Waals surface area contributed by atoms with E-state index in [1.54, 1.807) is 21.1 Å². The highest BCUT2D eigenvalue weighted by atomic mass is 16.4. The van der Waals surface area contributed by atoms with Gasteiger partial charge in [-0.25, -0.2) is 0 Å². The molecule has 0 aromatic rings. The molecule has 0 radical (unpaired) electrons. The molecular weight excluding hydrogens is 394 g/mol. The number of aliphatic carboxylic acids is 2. The first kappa shape index (κ1) is 29.4. The molecule has 1 aliphatic heterocycles. The van der Waals surface area contributed by atoms with Crippen LogP contribution in [0.25, 0.3) is 0 Å². The van der Waals surface area contributed by atoms with Crippen molar-refractivity contribution >= 4 is 17.8 Å². The van der Waals surface area contributed by atoms with Gasteiger partial charge in [-0.2, -0.15) is 0 Å². The summed E-state index contributed by atoms with van der Waals surface area (Å²) in [6.45, 7) is 6.20. The fourth-order valence-corrected chi connectivity index (χ4v) is 3.83. The van der Waals surface area contributed by atoms with Crippen LogP contribution in [0, 0.1) is 0 Å². The van der Waals surface area contributed by atoms with Crippen LogP contribution in [-0.2, 0) is 9.59 Å². The minimum atomic E-state index is -1.00. The van der Waals surface area contributed by atoms with Crippen LogP contribution >= 0.6 is 0 Å². The molecule has 0 aromatic heterocycles. The standard InChI is InChI=1S/C19H36N2O2.C5H11NO2/c1-3-5-6-7-8-9-10-11-13-18-20-14-15-21(18)17(12-4-2)16-19(22)23;1-6(2,3)4-5(7)8/h17H,3-16H2,1-2H3,(H,22,23);4H2,1-3H3. The number of carboxylic acids is 2. The van der Waals surface area contributed by atoms with Gasteiger partial charge in [-0.15, -0.1) is 0 Å². The topological polar surface area (TPSA) is 93.0 Å². The highest BCUT2D eigenvalue weighted by Gasteiger charge is 2.26. The van der Waals surface area contributed by atoms with Gasteiger partial charge in [0.2, 0.25) is 0 Å². The summed E-state index contributed by atoms with van der Waals surface area (Å²) < 4.78 is 0.419. The van der Waals surface area contributed by atoms with Crippen molar-refractivity contribution in [3.8, 4) is 0 Å². The Kier molecular flexibility index (Phi) is 16.1. The Labute approximate surface area is 190 Å². The van der Waals surface area contributed by atoms with E-state index >= 15 is 0 Å². The van der Waals surface area contributed by atoms with Gasteiger partial charge in [-0.1, -0.05) is 65.2 Å². The highest BCUT2D eigenvalue weighted by molar-refractivity contribution is 5.84. The molecule has 0 aliphatic carbocycles. The van der Waals surface area contributed by atoms with Gasteiger partial charge in [0, 0.05) is 19.0 Å². The van der Waals surface area contributed by atoms with E-state index in [2.05, 4.69) is 23.7 Å². The van der Waals surface area contributed by atoms with Crippen LogP contribution in [-0.4, -0.2) is 79.1 Å². The molecule has 0 amide bonds. The lowest BCUT2D eigenvalue weighted by Gasteiger charge is -2.29. The van der Waals surface area contributed by atoms with Crippen LogP contribution in [0.5, 0.6) is 0 Å². The summed E-state index contributed by atoms with van der Waals surface area (Å²) in [5.41, 5.74) is 0. The number of quaternary nitrogens is 1. The van der Waals surface area contributed by atoms with E-state index in [1.807, 2.05) is 0 Å². The first-order chi connectivity index (χ1) is 14.6. The zero-order chi connectivity index (χ0) is 23.7. The Hall–Kier alpha value is -1.63. The molecule has 182 valence electrons. The third-order valence-electron chi connectivity index (χ3n) is 5.30. The lowest BCUT2D eigenvalue weighted by Crippen LogP contribution is -2.45. The Morgan fingerprint density at radius 2 is 1.61 bits per heavy atom. The number of likely N-dealkylation sites (N-methyl/N-ethyl adjacent to an activating group) is 1. The van der Waals surface area contributed by atoms with E-state index in [-0.39, 0.29) is 19.0 Å². The molecule has 1 heterocycles.